The maximum absolute atomic E-state index is 12.8. The molecule has 25 heavy (non-hydrogen) atoms. The van der Waals surface area contributed by atoms with E-state index in [-0.39, 0.29) is 11.8 Å². The number of carbonyl (C=O) groups excluding carboxylic acids is 2. The van der Waals surface area contributed by atoms with Gasteiger partial charge in [-0.25, -0.2) is 0 Å². The zero-order valence-corrected chi connectivity index (χ0v) is 15.5. The van der Waals surface area contributed by atoms with E-state index in [0.717, 1.165) is 51.7 Å². The molecule has 0 N–H and O–H groups in total. The van der Waals surface area contributed by atoms with Gasteiger partial charge in [-0.05, 0) is 68.7 Å². The zero-order chi connectivity index (χ0) is 17.8. The Bertz CT molecular complexity index is 603. The summed E-state index contributed by atoms with van der Waals surface area (Å²) in [6.45, 7) is 6.92. The first-order valence-electron chi connectivity index (χ1n) is 9.80. The van der Waals surface area contributed by atoms with E-state index >= 15 is 0 Å². The summed E-state index contributed by atoms with van der Waals surface area (Å²) in [7, 11) is 0. The summed E-state index contributed by atoms with van der Waals surface area (Å²) in [6.07, 6.45) is 6.57. The fourth-order valence-corrected chi connectivity index (χ4v) is 4.01. The Morgan fingerprint density at radius 3 is 2.12 bits per heavy atom. The van der Waals surface area contributed by atoms with Gasteiger partial charge in [-0.15, -0.1) is 0 Å². The fourth-order valence-electron chi connectivity index (χ4n) is 4.01. The van der Waals surface area contributed by atoms with Crippen molar-refractivity contribution in [3.63, 3.8) is 0 Å². The molecule has 1 aromatic rings. The third-order valence-electron chi connectivity index (χ3n) is 5.81. The van der Waals surface area contributed by atoms with E-state index in [0.29, 0.717) is 23.1 Å². The van der Waals surface area contributed by atoms with Gasteiger partial charge in [0.2, 0.25) is 0 Å². The Labute approximate surface area is 151 Å². The van der Waals surface area contributed by atoms with Crippen molar-refractivity contribution in [2.75, 3.05) is 19.6 Å². The van der Waals surface area contributed by atoms with Crippen LogP contribution in [0, 0.1) is 5.92 Å². The first kappa shape index (κ1) is 18.0. The zero-order valence-electron chi connectivity index (χ0n) is 15.5. The molecule has 0 saturated carbocycles. The van der Waals surface area contributed by atoms with Crippen LogP contribution in [0.2, 0.25) is 0 Å². The molecular formula is C21H30N2O2. The van der Waals surface area contributed by atoms with Crippen LogP contribution in [0.4, 0.5) is 0 Å². The monoisotopic (exact) mass is 342 g/mol. The highest BCUT2D eigenvalue weighted by atomic mass is 16.2. The molecule has 0 spiro atoms. The van der Waals surface area contributed by atoms with E-state index in [2.05, 4.69) is 13.8 Å². The summed E-state index contributed by atoms with van der Waals surface area (Å²) in [5, 5.41) is 0. The lowest BCUT2D eigenvalue weighted by molar-refractivity contribution is 0.0606. The predicted molar refractivity (Wildman–Crippen MR) is 99.7 cm³/mol. The number of amides is 2. The van der Waals surface area contributed by atoms with Crippen molar-refractivity contribution in [2.24, 2.45) is 5.92 Å². The molecule has 0 aromatic heterocycles. The smallest absolute Gasteiger partial charge is 0.254 e. The van der Waals surface area contributed by atoms with Gasteiger partial charge < -0.3 is 9.80 Å². The molecular weight excluding hydrogens is 312 g/mol. The van der Waals surface area contributed by atoms with Gasteiger partial charge in [-0.3, -0.25) is 9.59 Å². The quantitative estimate of drug-likeness (QED) is 0.834. The molecule has 136 valence electrons. The molecule has 0 aliphatic carbocycles. The SMILES string of the molecule is CCC1CCCCN1C(=O)c1ccc(C(=O)N2CCC(C)CC2)cc1. The number of benzene rings is 1. The maximum Gasteiger partial charge on any atom is 0.254 e. The van der Waals surface area contributed by atoms with Gasteiger partial charge in [0, 0.05) is 36.8 Å². The summed E-state index contributed by atoms with van der Waals surface area (Å²) >= 11 is 0. The second kappa shape index (κ2) is 8.03. The highest BCUT2D eigenvalue weighted by Crippen LogP contribution is 2.23. The van der Waals surface area contributed by atoms with Crippen LogP contribution in [-0.4, -0.2) is 47.3 Å². The van der Waals surface area contributed by atoms with Crippen LogP contribution in [-0.2, 0) is 0 Å². The molecule has 1 aromatic carbocycles. The van der Waals surface area contributed by atoms with Gasteiger partial charge in [-0.2, -0.15) is 0 Å². The second-order valence-electron chi connectivity index (χ2n) is 7.61. The van der Waals surface area contributed by atoms with Gasteiger partial charge in [0.25, 0.3) is 11.8 Å². The highest BCUT2D eigenvalue weighted by Gasteiger charge is 2.26. The van der Waals surface area contributed by atoms with Crippen molar-refractivity contribution >= 4 is 11.8 Å². The third-order valence-corrected chi connectivity index (χ3v) is 5.81. The average molecular weight is 342 g/mol. The summed E-state index contributed by atoms with van der Waals surface area (Å²) in [6, 6.07) is 7.64. The molecule has 2 aliphatic rings. The van der Waals surface area contributed by atoms with E-state index in [1.54, 1.807) is 0 Å². The molecule has 0 radical (unpaired) electrons. The topological polar surface area (TPSA) is 40.6 Å². The molecule has 1 unspecified atom stereocenters. The number of nitrogens with zero attached hydrogens (tertiary/aromatic N) is 2. The molecule has 0 bridgehead atoms. The second-order valence-corrected chi connectivity index (χ2v) is 7.61. The van der Waals surface area contributed by atoms with E-state index in [1.807, 2.05) is 34.1 Å². The van der Waals surface area contributed by atoms with Crippen LogP contribution in [0.15, 0.2) is 24.3 Å². The molecule has 1 atom stereocenters. The van der Waals surface area contributed by atoms with Gasteiger partial charge >= 0.3 is 0 Å². The Hall–Kier alpha value is -1.84. The molecule has 4 nitrogen and oxygen atoms in total. The number of rotatable bonds is 3. The lowest BCUT2D eigenvalue weighted by Crippen LogP contribution is -2.43. The van der Waals surface area contributed by atoms with E-state index < -0.39 is 0 Å². The predicted octanol–water partition coefficient (Wildman–Crippen LogP) is 3.96. The van der Waals surface area contributed by atoms with E-state index in [1.165, 1.54) is 6.42 Å². The van der Waals surface area contributed by atoms with Crippen molar-refractivity contribution in [3.8, 4) is 0 Å². The first-order chi connectivity index (χ1) is 12.1. The fraction of sp³-hybridized carbons (Fsp3) is 0.619. The molecule has 4 heteroatoms. The van der Waals surface area contributed by atoms with Crippen molar-refractivity contribution in [1.29, 1.82) is 0 Å². The molecule has 2 amide bonds. The van der Waals surface area contributed by atoms with Crippen LogP contribution in [0.25, 0.3) is 0 Å². The maximum atomic E-state index is 12.8. The summed E-state index contributed by atoms with van der Waals surface area (Å²) in [4.78, 5) is 29.4. The average Bonchev–Trinajstić information content (AvgIpc) is 2.67. The lowest BCUT2D eigenvalue weighted by atomic mass is 9.98. The van der Waals surface area contributed by atoms with Crippen LogP contribution >= 0.6 is 0 Å². The largest absolute Gasteiger partial charge is 0.339 e. The van der Waals surface area contributed by atoms with Crippen LogP contribution < -0.4 is 0 Å². The van der Waals surface area contributed by atoms with Crippen molar-refractivity contribution in [2.45, 2.75) is 58.4 Å². The minimum absolute atomic E-state index is 0.0929. The number of hydrogen-bond acceptors (Lipinski definition) is 2. The standard InChI is InChI=1S/C21H30N2O2/c1-3-19-6-4-5-13-23(19)21(25)18-9-7-17(8-10-18)20(24)22-14-11-16(2)12-15-22/h7-10,16,19H,3-6,11-15H2,1-2H3. The van der Waals surface area contributed by atoms with E-state index in [9.17, 15) is 9.59 Å². The Kier molecular flexibility index (Phi) is 5.77. The Balaban J connectivity index is 1.67. The minimum atomic E-state index is 0.0929. The molecule has 3 rings (SSSR count). The van der Waals surface area contributed by atoms with Gasteiger partial charge in [-0.1, -0.05) is 13.8 Å². The molecule has 2 saturated heterocycles. The van der Waals surface area contributed by atoms with Gasteiger partial charge in [0.05, 0.1) is 0 Å². The van der Waals surface area contributed by atoms with Crippen LogP contribution in [0.1, 0.15) is 73.1 Å². The number of carbonyl (C=O) groups is 2. The van der Waals surface area contributed by atoms with Gasteiger partial charge in [0.15, 0.2) is 0 Å². The summed E-state index contributed by atoms with van der Waals surface area (Å²) in [5.74, 6) is 0.910. The molecule has 2 aliphatic heterocycles. The van der Waals surface area contributed by atoms with Gasteiger partial charge in [0.1, 0.15) is 0 Å². The van der Waals surface area contributed by atoms with Crippen molar-refractivity contribution < 1.29 is 9.59 Å². The Morgan fingerprint density at radius 2 is 1.52 bits per heavy atom. The molecule has 2 fully saturated rings. The third kappa shape index (κ3) is 4.05. The van der Waals surface area contributed by atoms with Crippen LogP contribution in [0.3, 0.4) is 0 Å². The number of likely N-dealkylation sites (tertiary alicyclic amines) is 2. The van der Waals surface area contributed by atoms with Crippen molar-refractivity contribution in [1.82, 2.24) is 9.80 Å². The lowest BCUT2D eigenvalue weighted by Gasteiger charge is -2.35. The number of hydrogen-bond donors (Lipinski definition) is 0. The first-order valence-corrected chi connectivity index (χ1v) is 9.80. The summed E-state index contributed by atoms with van der Waals surface area (Å²) in [5.41, 5.74) is 1.39. The molecule has 2 heterocycles. The Morgan fingerprint density at radius 1 is 0.920 bits per heavy atom. The van der Waals surface area contributed by atoms with Crippen molar-refractivity contribution in [3.05, 3.63) is 35.4 Å². The normalized spacial score (nSPS) is 22.1. The van der Waals surface area contributed by atoms with E-state index in [4.69, 9.17) is 0 Å². The highest BCUT2D eigenvalue weighted by molar-refractivity contribution is 5.98. The van der Waals surface area contributed by atoms with Crippen LogP contribution in [0.5, 0.6) is 0 Å². The number of piperidine rings is 2. The minimum Gasteiger partial charge on any atom is -0.339 e. The summed E-state index contributed by atoms with van der Waals surface area (Å²) < 4.78 is 0.